The maximum Gasteiger partial charge on any atom is 0.245 e. The minimum Gasteiger partial charge on any atom is -0.508 e. The smallest absolute Gasteiger partial charge is 0.245 e. The van der Waals surface area contributed by atoms with Gasteiger partial charge in [0.05, 0.1) is 54.1 Å². The maximum atomic E-state index is 11.6. The molecule has 9 aromatic rings. The minimum atomic E-state index is -1.10. The summed E-state index contributed by atoms with van der Waals surface area (Å²) in [5.41, 5.74) is 5.36. The molecule has 0 bridgehead atoms. The Morgan fingerprint density at radius 1 is 0.541 bits per heavy atom. The first-order chi connectivity index (χ1) is 36.2. The first kappa shape index (κ1) is 49.3. The molecule has 0 aliphatic carbocycles. The number of aliphatic hydroxyl groups excluding tert-OH is 1. The fraction of sp³-hybridized carbons (Fsp3) is 0.217. The molecule has 0 unspecified atom stereocenters. The van der Waals surface area contributed by atoms with E-state index in [1.54, 1.807) is 51.5 Å². The lowest BCUT2D eigenvalue weighted by atomic mass is 9.80. The molecule has 3 heterocycles. The molecule has 14 nitrogen and oxygen atoms in total. The van der Waals surface area contributed by atoms with Gasteiger partial charge >= 0.3 is 0 Å². The average Bonchev–Trinajstić information content (AvgIpc) is 4.07. The lowest BCUT2D eigenvalue weighted by molar-refractivity contribution is -0.0931. The molecule has 2 N–H and O–H groups in total. The quantitative estimate of drug-likeness (QED) is 0.0696. The van der Waals surface area contributed by atoms with Gasteiger partial charge in [-0.05, 0) is 111 Å². The Labute approximate surface area is 429 Å². The number of imidazole rings is 1. The van der Waals surface area contributed by atoms with Crippen molar-refractivity contribution >= 4 is 11.2 Å². The van der Waals surface area contributed by atoms with Crippen LogP contribution < -0.4 is 23.7 Å². The summed E-state index contributed by atoms with van der Waals surface area (Å²) in [6, 6.07) is 56.5. The molecule has 0 saturated carbocycles. The van der Waals surface area contributed by atoms with Gasteiger partial charge in [-0.2, -0.15) is 4.98 Å². The number of aromatic hydroxyl groups is 1. The van der Waals surface area contributed by atoms with Gasteiger partial charge in [0, 0.05) is 6.42 Å². The molecular formula is C60H56N4O10. The predicted octanol–water partition coefficient (Wildman–Crippen LogP) is 10.3. The van der Waals surface area contributed by atoms with Crippen molar-refractivity contribution in [3.63, 3.8) is 0 Å². The summed E-state index contributed by atoms with van der Waals surface area (Å²) in [6.07, 6.45) is 1.03. The Balaban J connectivity index is 0.878. The SMILES string of the molecule is COc1ccc(C(OCc2cc(O)cc(COc3ncnc4c3ncn4[C@H]3C[C@H](O)[C@@H](COC(c4ccccc4)(c4ccc(OC)cc4)c4ccc(OC)cc4)O3)c2)(c2ccccc2)c2ccc(OC)cc2)cc1. The summed E-state index contributed by atoms with van der Waals surface area (Å²) in [4.78, 5) is 13.7. The zero-order chi connectivity index (χ0) is 51.1. The van der Waals surface area contributed by atoms with E-state index in [2.05, 4.69) is 15.0 Å². The number of aromatic nitrogens is 4. The van der Waals surface area contributed by atoms with Gasteiger partial charge in [-0.15, -0.1) is 0 Å². The number of hydrogen-bond donors (Lipinski definition) is 2. The zero-order valence-electron chi connectivity index (χ0n) is 41.4. The highest BCUT2D eigenvalue weighted by atomic mass is 16.6. The molecule has 74 heavy (non-hydrogen) atoms. The number of phenols is 1. The lowest BCUT2D eigenvalue weighted by Crippen LogP contribution is -2.38. The average molecular weight is 993 g/mol. The molecule has 1 saturated heterocycles. The molecule has 14 heteroatoms. The Morgan fingerprint density at radius 2 is 0.986 bits per heavy atom. The molecule has 10 rings (SSSR count). The molecule has 0 spiro atoms. The third kappa shape index (κ3) is 9.83. The van der Waals surface area contributed by atoms with Crippen LogP contribution in [0.25, 0.3) is 11.2 Å². The Kier molecular flexibility index (Phi) is 14.6. The van der Waals surface area contributed by atoms with E-state index in [1.165, 1.54) is 6.33 Å². The summed E-state index contributed by atoms with van der Waals surface area (Å²) in [6.45, 7) is 0.199. The van der Waals surface area contributed by atoms with Crippen molar-refractivity contribution < 1.29 is 48.1 Å². The van der Waals surface area contributed by atoms with Crippen LogP contribution >= 0.6 is 0 Å². The van der Waals surface area contributed by atoms with Gasteiger partial charge in [-0.25, -0.2) is 9.97 Å². The maximum absolute atomic E-state index is 11.6. The second-order valence-electron chi connectivity index (χ2n) is 17.8. The standard InChI is InChI=1S/C60H56N4O10/c1-67-49-23-15-44(16-24-49)59(42-11-7-5-8-12-42,45-17-25-50(68-2)26-18-45)72-36-41-31-40(32-48(65)33-41)35-71-58-56-57(61-38-62-58)64(39-63-56)55-34-53(66)54(74-55)37-73-60(43-13-9-6-10-14-43,46-19-27-51(69-3)28-20-46)47-21-29-52(70-4)30-22-47/h5-33,38-39,53-55,65-66H,34-37H2,1-4H3/t53-,54+,55+/m0/s1. The Bertz CT molecular complexity index is 3170. The van der Waals surface area contributed by atoms with E-state index in [1.807, 2.05) is 164 Å². The first-order valence-electron chi connectivity index (χ1n) is 24.2. The van der Waals surface area contributed by atoms with Crippen LogP contribution in [0.2, 0.25) is 0 Å². The molecule has 7 aromatic carbocycles. The van der Waals surface area contributed by atoms with E-state index >= 15 is 0 Å². The minimum absolute atomic E-state index is 0.0355. The van der Waals surface area contributed by atoms with Gasteiger partial charge in [0.1, 0.15) is 65.2 Å². The van der Waals surface area contributed by atoms with Crippen LogP contribution in [0.5, 0.6) is 34.6 Å². The fourth-order valence-corrected chi connectivity index (χ4v) is 9.79. The number of benzene rings is 7. The van der Waals surface area contributed by atoms with E-state index < -0.39 is 29.6 Å². The van der Waals surface area contributed by atoms with Gasteiger partial charge in [-0.3, -0.25) is 4.57 Å². The second kappa shape index (κ2) is 21.8. The first-order valence-corrected chi connectivity index (χ1v) is 24.2. The summed E-state index contributed by atoms with van der Waals surface area (Å²) in [5.74, 6) is 3.14. The highest BCUT2D eigenvalue weighted by Gasteiger charge is 2.43. The predicted molar refractivity (Wildman–Crippen MR) is 278 cm³/mol. The highest BCUT2D eigenvalue weighted by Crippen LogP contribution is 2.45. The summed E-state index contributed by atoms with van der Waals surface area (Å²) >= 11 is 0. The van der Waals surface area contributed by atoms with Crippen molar-refractivity contribution in [3.8, 4) is 34.6 Å². The Morgan fingerprint density at radius 3 is 1.46 bits per heavy atom. The molecule has 376 valence electrons. The number of ether oxygens (including phenoxy) is 8. The molecule has 1 aliphatic rings. The van der Waals surface area contributed by atoms with Gasteiger partial charge in [0.2, 0.25) is 5.88 Å². The third-order valence-electron chi connectivity index (χ3n) is 13.5. The molecule has 1 aliphatic heterocycles. The van der Waals surface area contributed by atoms with E-state index in [-0.39, 0.29) is 37.9 Å². The summed E-state index contributed by atoms with van der Waals surface area (Å²) < 4.78 is 51.0. The number of methoxy groups -OCH3 is 4. The molecule has 0 radical (unpaired) electrons. The largest absolute Gasteiger partial charge is 0.508 e. The zero-order valence-corrected chi connectivity index (χ0v) is 41.4. The number of hydrogen-bond acceptors (Lipinski definition) is 13. The van der Waals surface area contributed by atoms with E-state index in [9.17, 15) is 10.2 Å². The van der Waals surface area contributed by atoms with Gasteiger partial charge in [-0.1, -0.05) is 109 Å². The lowest BCUT2D eigenvalue weighted by Gasteiger charge is -2.37. The van der Waals surface area contributed by atoms with Gasteiger partial charge < -0.3 is 48.1 Å². The Hall–Kier alpha value is -8.27. The van der Waals surface area contributed by atoms with Crippen molar-refractivity contribution in [1.29, 1.82) is 0 Å². The normalized spacial score (nSPS) is 15.7. The number of aliphatic hydroxyl groups is 1. The molecule has 3 atom stereocenters. The summed E-state index contributed by atoms with van der Waals surface area (Å²) in [5, 5.41) is 22.7. The highest BCUT2D eigenvalue weighted by molar-refractivity contribution is 5.76. The van der Waals surface area contributed by atoms with Crippen LogP contribution in [0.15, 0.2) is 189 Å². The van der Waals surface area contributed by atoms with Crippen molar-refractivity contribution in [2.24, 2.45) is 0 Å². The van der Waals surface area contributed by atoms with Crippen LogP contribution in [0, 0.1) is 0 Å². The van der Waals surface area contributed by atoms with Crippen molar-refractivity contribution in [1.82, 2.24) is 19.5 Å². The molecule has 1 fully saturated rings. The van der Waals surface area contributed by atoms with Crippen molar-refractivity contribution in [3.05, 3.63) is 233 Å². The van der Waals surface area contributed by atoms with Crippen LogP contribution in [0.3, 0.4) is 0 Å². The van der Waals surface area contributed by atoms with Crippen LogP contribution in [-0.4, -0.2) is 77.0 Å². The second-order valence-corrected chi connectivity index (χ2v) is 17.8. The van der Waals surface area contributed by atoms with Gasteiger partial charge in [0.15, 0.2) is 11.2 Å². The van der Waals surface area contributed by atoms with Crippen LogP contribution in [0.1, 0.15) is 57.2 Å². The molecule has 2 aromatic heterocycles. The van der Waals surface area contributed by atoms with E-state index in [4.69, 9.17) is 37.9 Å². The number of rotatable bonds is 20. The topological polar surface area (TPSA) is 158 Å². The summed E-state index contributed by atoms with van der Waals surface area (Å²) in [7, 11) is 6.54. The number of phenolic OH excluding ortho intramolecular Hbond substituents is 1. The van der Waals surface area contributed by atoms with Crippen molar-refractivity contribution in [2.75, 3.05) is 35.0 Å². The van der Waals surface area contributed by atoms with Gasteiger partial charge in [0.25, 0.3) is 0 Å². The van der Waals surface area contributed by atoms with Crippen LogP contribution in [-0.2, 0) is 38.6 Å². The number of nitrogens with zero attached hydrogens (tertiary/aromatic N) is 4. The molecular weight excluding hydrogens is 937 g/mol. The van der Waals surface area contributed by atoms with E-state index in [0.717, 1.165) is 44.9 Å². The monoisotopic (exact) mass is 992 g/mol. The van der Waals surface area contributed by atoms with Crippen LogP contribution in [0.4, 0.5) is 0 Å². The fourth-order valence-electron chi connectivity index (χ4n) is 9.79. The number of fused-ring (bicyclic) bond motifs is 1. The van der Waals surface area contributed by atoms with Crippen molar-refractivity contribution in [2.45, 2.75) is 49.3 Å². The molecule has 0 amide bonds. The third-order valence-corrected chi connectivity index (χ3v) is 13.5. The van der Waals surface area contributed by atoms with E-state index in [0.29, 0.717) is 33.8 Å².